The van der Waals surface area contributed by atoms with Crippen molar-refractivity contribution in [1.82, 2.24) is 4.72 Å². The second-order valence-electron chi connectivity index (χ2n) is 3.96. The number of methoxy groups -OCH3 is 2. The Morgan fingerprint density at radius 3 is 2.63 bits per heavy atom. The Hall–Kier alpha value is -0.930. The Morgan fingerprint density at radius 1 is 1.47 bits per heavy atom. The van der Waals surface area contributed by atoms with E-state index in [-0.39, 0.29) is 42.3 Å². The van der Waals surface area contributed by atoms with Crippen molar-refractivity contribution in [2.45, 2.75) is 24.5 Å². The summed E-state index contributed by atoms with van der Waals surface area (Å²) in [5.74, 6) is 0.440. The van der Waals surface area contributed by atoms with E-state index in [4.69, 9.17) is 19.0 Å². The highest BCUT2D eigenvalue weighted by molar-refractivity contribution is 7.89. The third-order valence-electron chi connectivity index (χ3n) is 2.56. The van der Waals surface area contributed by atoms with E-state index in [0.717, 1.165) is 0 Å². The second-order valence-corrected chi connectivity index (χ2v) is 5.69. The molecule has 1 rings (SSSR count). The maximum absolute atomic E-state index is 12.1. The number of aliphatic hydroxyl groups excluding tert-OH is 1. The van der Waals surface area contributed by atoms with E-state index in [2.05, 4.69) is 4.72 Å². The zero-order valence-electron chi connectivity index (χ0n) is 11.2. The van der Waals surface area contributed by atoms with Gasteiger partial charge >= 0.3 is 0 Å². The highest BCUT2D eigenvalue weighted by atomic mass is 32.2. The number of hydrogen-bond acceptors (Lipinski definition) is 6. The first-order chi connectivity index (χ1) is 8.94. The van der Waals surface area contributed by atoms with E-state index in [9.17, 15) is 8.42 Å². The molecule has 1 aromatic heterocycles. The van der Waals surface area contributed by atoms with Gasteiger partial charge in [-0.05, 0) is 6.92 Å². The van der Waals surface area contributed by atoms with Crippen LogP contribution < -0.4 is 4.72 Å². The topological polar surface area (TPSA) is 98.0 Å². The molecule has 0 spiro atoms. The number of furan rings is 1. The van der Waals surface area contributed by atoms with Gasteiger partial charge in [-0.3, -0.25) is 0 Å². The summed E-state index contributed by atoms with van der Waals surface area (Å²) < 4.78 is 41.6. The molecule has 0 aromatic carbocycles. The molecule has 0 aliphatic rings. The lowest BCUT2D eigenvalue weighted by atomic mass is 10.4. The van der Waals surface area contributed by atoms with E-state index in [0.29, 0.717) is 0 Å². The standard InChI is InChI=1S/C11H19NO6S/c1-8-11(4-9(6-13)18-8)19(14,15)12-5-10(17-3)7-16-2/h4,10,12-13H,5-7H2,1-3H3. The molecule has 1 heterocycles. The Balaban J connectivity index is 2.77. The van der Waals surface area contributed by atoms with Crippen LogP contribution in [0.3, 0.4) is 0 Å². The molecular weight excluding hydrogens is 274 g/mol. The smallest absolute Gasteiger partial charge is 0.244 e. The van der Waals surface area contributed by atoms with Gasteiger partial charge < -0.3 is 19.0 Å². The van der Waals surface area contributed by atoms with Gasteiger partial charge in [-0.25, -0.2) is 13.1 Å². The fourth-order valence-corrected chi connectivity index (χ4v) is 2.81. The van der Waals surface area contributed by atoms with Crippen molar-refractivity contribution in [3.8, 4) is 0 Å². The van der Waals surface area contributed by atoms with Crippen molar-refractivity contribution in [1.29, 1.82) is 0 Å². The van der Waals surface area contributed by atoms with Crippen molar-refractivity contribution in [2.24, 2.45) is 0 Å². The van der Waals surface area contributed by atoms with E-state index >= 15 is 0 Å². The number of sulfonamides is 1. The van der Waals surface area contributed by atoms with Gasteiger partial charge in [-0.2, -0.15) is 0 Å². The van der Waals surface area contributed by atoms with Crippen LogP contribution in [-0.2, 0) is 26.1 Å². The van der Waals surface area contributed by atoms with Crippen molar-refractivity contribution in [2.75, 3.05) is 27.4 Å². The Kier molecular flexibility index (Phi) is 5.95. The number of hydrogen-bond donors (Lipinski definition) is 2. The van der Waals surface area contributed by atoms with Gasteiger partial charge in [-0.15, -0.1) is 0 Å². The fourth-order valence-electron chi connectivity index (χ4n) is 1.55. The SMILES string of the molecule is COCC(CNS(=O)(=O)c1cc(CO)oc1C)OC. The quantitative estimate of drug-likeness (QED) is 0.701. The number of ether oxygens (including phenoxy) is 2. The molecule has 0 fully saturated rings. The van der Waals surface area contributed by atoms with Crippen LogP contribution in [0.1, 0.15) is 11.5 Å². The molecule has 1 aromatic rings. The Labute approximate surface area is 112 Å². The summed E-state index contributed by atoms with van der Waals surface area (Å²) >= 11 is 0. The van der Waals surface area contributed by atoms with Gasteiger partial charge in [-0.1, -0.05) is 0 Å². The molecule has 0 aliphatic heterocycles. The number of aliphatic hydroxyl groups is 1. The summed E-state index contributed by atoms with van der Waals surface area (Å²) in [5, 5.41) is 8.92. The van der Waals surface area contributed by atoms with Gasteiger partial charge in [0.1, 0.15) is 23.0 Å². The van der Waals surface area contributed by atoms with Crippen LogP contribution in [0.4, 0.5) is 0 Å². The molecule has 0 amide bonds. The van der Waals surface area contributed by atoms with Crippen LogP contribution in [0.25, 0.3) is 0 Å². The second kappa shape index (κ2) is 7.01. The van der Waals surface area contributed by atoms with Crippen LogP contribution >= 0.6 is 0 Å². The van der Waals surface area contributed by atoms with Gasteiger partial charge in [0.15, 0.2) is 0 Å². The molecular formula is C11H19NO6S. The van der Waals surface area contributed by atoms with E-state index in [1.807, 2.05) is 0 Å². The van der Waals surface area contributed by atoms with Crippen molar-refractivity contribution in [3.63, 3.8) is 0 Å². The van der Waals surface area contributed by atoms with Gasteiger partial charge in [0, 0.05) is 26.8 Å². The third kappa shape index (κ3) is 4.29. The van der Waals surface area contributed by atoms with Crippen LogP contribution in [0.15, 0.2) is 15.4 Å². The molecule has 0 aliphatic carbocycles. The highest BCUT2D eigenvalue weighted by Gasteiger charge is 2.22. The molecule has 1 atom stereocenters. The monoisotopic (exact) mass is 293 g/mol. The van der Waals surface area contributed by atoms with Crippen LogP contribution in [-0.4, -0.2) is 47.0 Å². The minimum Gasteiger partial charge on any atom is -0.462 e. The normalized spacial score (nSPS) is 13.7. The minimum atomic E-state index is -3.69. The molecule has 8 heteroatoms. The molecule has 7 nitrogen and oxygen atoms in total. The highest BCUT2D eigenvalue weighted by Crippen LogP contribution is 2.19. The zero-order chi connectivity index (χ0) is 14.5. The predicted octanol–water partition coefficient (Wildman–Crippen LogP) is 0.0200. The van der Waals surface area contributed by atoms with Crippen LogP contribution in [0.5, 0.6) is 0 Å². The molecule has 0 radical (unpaired) electrons. The number of rotatable bonds is 8. The summed E-state index contributed by atoms with van der Waals surface area (Å²) in [4.78, 5) is 0.0174. The molecule has 0 saturated heterocycles. The van der Waals surface area contributed by atoms with Crippen molar-refractivity contribution in [3.05, 3.63) is 17.6 Å². The lowest BCUT2D eigenvalue weighted by molar-refractivity contribution is 0.0320. The summed E-state index contributed by atoms with van der Waals surface area (Å²) in [6.45, 7) is 1.55. The first kappa shape index (κ1) is 16.1. The summed E-state index contributed by atoms with van der Waals surface area (Å²) in [7, 11) is -0.709. The zero-order valence-corrected chi connectivity index (χ0v) is 12.0. The van der Waals surface area contributed by atoms with E-state index in [1.165, 1.54) is 27.2 Å². The molecule has 2 N–H and O–H groups in total. The Morgan fingerprint density at radius 2 is 2.16 bits per heavy atom. The molecule has 1 unspecified atom stereocenters. The average molecular weight is 293 g/mol. The van der Waals surface area contributed by atoms with Crippen LogP contribution in [0, 0.1) is 6.92 Å². The minimum absolute atomic E-state index is 0.0174. The molecule has 110 valence electrons. The maximum atomic E-state index is 12.1. The van der Waals surface area contributed by atoms with E-state index < -0.39 is 10.0 Å². The predicted molar refractivity (Wildman–Crippen MR) is 67.2 cm³/mol. The van der Waals surface area contributed by atoms with Gasteiger partial charge in [0.05, 0.1) is 12.7 Å². The molecule has 0 saturated carbocycles. The van der Waals surface area contributed by atoms with Gasteiger partial charge in [0.2, 0.25) is 10.0 Å². The lowest BCUT2D eigenvalue weighted by Gasteiger charge is -2.14. The first-order valence-corrected chi connectivity index (χ1v) is 7.14. The van der Waals surface area contributed by atoms with E-state index in [1.54, 1.807) is 0 Å². The lowest BCUT2D eigenvalue weighted by Crippen LogP contribution is -2.35. The summed E-state index contributed by atoms with van der Waals surface area (Å²) in [6, 6.07) is 1.30. The largest absolute Gasteiger partial charge is 0.462 e. The summed E-state index contributed by atoms with van der Waals surface area (Å²) in [5.41, 5.74) is 0. The van der Waals surface area contributed by atoms with Crippen LogP contribution in [0.2, 0.25) is 0 Å². The van der Waals surface area contributed by atoms with Crippen molar-refractivity contribution >= 4 is 10.0 Å². The third-order valence-corrected chi connectivity index (χ3v) is 4.09. The average Bonchev–Trinajstić information content (AvgIpc) is 2.76. The molecule has 0 bridgehead atoms. The first-order valence-electron chi connectivity index (χ1n) is 5.66. The maximum Gasteiger partial charge on any atom is 0.244 e. The Bertz CT molecular complexity index is 495. The van der Waals surface area contributed by atoms with Gasteiger partial charge in [0.25, 0.3) is 0 Å². The number of aryl methyl sites for hydroxylation is 1. The van der Waals surface area contributed by atoms with Crippen molar-refractivity contribution < 1.29 is 27.4 Å². The fraction of sp³-hybridized carbons (Fsp3) is 0.636. The molecule has 19 heavy (non-hydrogen) atoms. The number of nitrogens with one attached hydrogen (secondary N) is 1. The summed E-state index contributed by atoms with van der Waals surface area (Å²) in [6.07, 6.45) is -0.371.